The van der Waals surface area contributed by atoms with Crippen LogP contribution in [0, 0.1) is 0 Å². The van der Waals surface area contributed by atoms with Crippen LogP contribution in [0.3, 0.4) is 0 Å². The molecular weight excluding hydrogens is 428 g/mol. The van der Waals surface area contributed by atoms with Gasteiger partial charge in [-0.15, -0.1) is 0 Å². The second-order valence-electron chi connectivity index (χ2n) is 7.12. The summed E-state index contributed by atoms with van der Waals surface area (Å²) in [5.74, 6) is -0.480. The van der Waals surface area contributed by atoms with Gasteiger partial charge < -0.3 is 23.8 Å². The minimum absolute atomic E-state index is 0.190. The van der Waals surface area contributed by atoms with Crippen LogP contribution >= 0.6 is 0 Å². The average Bonchev–Trinajstić information content (AvgIpc) is 2.81. The van der Waals surface area contributed by atoms with Gasteiger partial charge in [0.1, 0.15) is 28.9 Å². The summed E-state index contributed by atoms with van der Waals surface area (Å²) in [7, 11) is 2.60. The first-order chi connectivity index (χ1) is 15.8. The molecule has 9 nitrogen and oxygen atoms in total. The zero-order chi connectivity index (χ0) is 24.4. The van der Waals surface area contributed by atoms with E-state index >= 15 is 0 Å². The van der Waals surface area contributed by atoms with Crippen LogP contribution in [-0.2, 0) is 14.3 Å². The summed E-state index contributed by atoms with van der Waals surface area (Å²) in [5, 5.41) is 3.16. The van der Waals surface area contributed by atoms with E-state index in [1.807, 2.05) is 0 Å². The van der Waals surface area contributed by atoms with Gasteiger partial charge in [0.05, 0.1) is 14.2 Å². The van der Waals surface area contributed by atoms with Gasteiger partial charge >= 0.3 is 11.9 Å². The van der Waals surface area contributed by atoms with Crippen molar-refractivity contribution in [1.29, 1.82) is 0 Å². The first kappa shape index (κ1) is 25.7. The summed E-state index contributed by atoms with van der Waals surface area (Å²) < 4.78 is 21.3. The smallest absolute Gasteiger partial charge is 0.341 e. The van der Waals surface area contributed by atoms with Crippen molar-refractivity contribution >= 4 is 17.8 Å². The molecule has 0 heterocycles. The van der Waals surface area contributed by atoms with Gasteiger partial charge in [0, 0.05) is 20.0 Å². The van der Waals surface area contributed by atoms with Gasteiger partial charge in [0.25, 0.3) is 0 Å². The van der Waals surface area contributed by atoms with E-state index in [2.05, 4.69) is 5.32 Å². The molecule has 0 aliphatic carbocycles. The van der Waals surface area contributed by atoms with Crippen molar-refractivity contribution in [3.63, 3.8) is 0 Å². The molecule has 0 aliphatic rings. The maximum Gasteiger partial charge on any atom is 0.341 e. The van der Waals surface area contributed by atoms with Crippen LogP contribution in [0.2, 0.25) is 0 Å². The molecule has 178 valence electrons. The molecule has 0 aromatic heterocycles. The van der Waals surface area contributed by atoms with Crippen LogP contribution in [0.15, 0.2) is 48.5 Å². The Hall–Kier alpha value is -3.59. The lowest BCUT2D eigenvalue weighted by atomic mass is 10.2. The molecule has 1 amide bonds. The molecule has 2 aromatic carbocycles. The van der Waals surface area contributed by atoms with E-state index < -0.39 is 24.4 Å². The van der Waals surface area contributed by atoms with Crippen molar-refractivity contribution in [3.05, 3.63) is 59.7 Å². The van der Waals surface area contributed by atoms with E-state index in [1.165, 1.54) is 26.0 Å². The molecule has 2 aromatic rings. The molecule has 33 heavy (non-hydrogen) atoms. The van der Waals surface area contributed by atoms with Crippen molar-refractivity contribution in [2.24, 2.45) is 0 Å². The summed E-state index contributed by atoms with van der Waals surface area (Å²) in [6, 6.07) is 13.5. The van der Waals surface area contributed by atoms with Crippen LogP contribution < -0.4 is 14.8 Å². The molecule has 0 spiro atoms. The number of ether oxygens (including phenoxy) is 4. The second kappa shape index (κ2) is 12.4. The Morgan fingerprint density at radius 2 is 1.33 bits per heavy atom. The molecule has 2 rings (SSSR count). The quantitative estimate of drug-likeness (QED) is 0.405. The molecule has 0 bridgehead atoms. The number of nitrogens with one attached hydrogen (secondary N) is 1. The number of esters is 2. The standard InChI is InChI=1S/C24H30N2O7/c1-16(32-21-12-8-6-10-19(21)23(28)30-4)25-14-15-26(17(2)27)18(3)33-22-13-9-7-11-20(22)24(29)31-5/h6-13,16,18,25H,14-15H2,1-5H3. The van der Waals surface area contributed by atoms with Crippen molar-refractivity contribution in [2.75, 3.05) is 27.3 Å². The fraction of sp³-hybridized carbons (Fsp3) is 0.375. The molecule has 2 atom stereocenters. The van der Waals surface area contributed by atoms with E-state index in [-0.39, 0.29) is 11.5 Å². The van der Waals surface area contributed by atoms with Crippen LogP contribution in [0.1, 0.15) is 41.5 Å². The highest BCUT2D eigenvalue weighted by atomic mass is 16.5. The number of para-hydroxylation sites is 2. The van der Waals surface area contributed by atoms with Crippen LogP contribution in [-0.4, -0.2) is 62.5 Å². The summed E-state index contributed by atoms with van der Waals surface area (Å²) in [6.07, 6.45) is -1.08. The molecule has 0 aliphatic heterocycles. The van der Waals surface area contributed by atoms with Crippen molar-refractivity contribution in [1.82, 2.24) is 10.2 Å². The van der Waals surface area contributed by atoms with Gasteiger partial charge in [-0.2, -0.15) is 0 Å². The number of hydrogen-bond donors (Lipinski definition) is 1. The topological polar surface area (TPSA) is 103 Å². The Bertz CT molecular complexity index is 963. The Morgan fingerprint density at radius 1 is 0.848 bits per heavy atom. The predicted molar refractivity (Wildman–Crippen MR) is 121 cm³/mol. The lowest BCUT2D eigenvalue weighted by Crippen LogP contribution is -2.46. The fourth-order valence-corrected chi connectivity index (χ4v) is 3.16. The van der Waals surface area contributed by atoms with E-state index in [4.69, 9.17) is 18.9 Å². The van der Waals surface area contributed by atoms with Gasteiger partial charge in [-0.25, -0.2) is 9.59 Å². The monoisotopic (exact) mass is 458 g/mol. The average molecular weight is 459 g/mol. The Kier molecular flexibility index (Phi) is 9.68. The normalized spacial score (nSPS) is 12.3. The first-order valence-corrected chi connectivity index (χ1v) is 10.5. The number of benzene rings is 2. The number of hydrogen-bond acceptors (Lipinski definition) is 8. The molecular formula is C24H30N2O7. The Morgan fingerprint density at radius 3 is 1.82 bits per heavy atom. The molecule has 0 saturated carbocycles. The van der Waals surface area contributed by atoms with Gasteiger partial charge in [0.2, 0.25) is 5.91 Å². The highest BCUT2D eigenvalue weighted by Crippen LogP contribution is 2.22. The van der Waals surface area contributed by atoms with Crippen LogP contribution in [0.5, 0.6) is 11.5 Å². The minimum Gasteiger partial charge on any atom is -0.475 e. The molecule has 1 N–H and O–H groups in total. The zero-order valence-corrected chi connectivity index (χ0v) is 19.5. The molecule has 0 fully saturated rings. The SMILES string of the molecule is COC(=O)c1ccccc1OC(C)NCCN(C(C)=O)C(C)Oc1ccccc1C(=O)OC. The third-order valence-corrected chi connectivity index (χ3v) is 4.81. The summed E-state index contributed by atoms with van der Waals surface area (Å²) in [6.45, 7) is 5.68. The predicted octanol–water partition coefficient (Wildman–Crippen LogP) is 2.85. The first-order valence-electron chi connectivity index (χ1n) is 10.5. The number of methoxy groups -OCH3 is 2. The molecule has 2 unspecified atom stereocenters. The zero-order valence-electron chi connectivity index (χ0n) is 19.5. The lowest BCUT2D eigenvalue weighted by molar-refractivity contribution is -0.136. The maximum absolute atomic E-state index is 12.2. The number of rotatable bonds is 11. The van der Waals surface area contributed by atoms with E-state index in [0.29, 0.717) is 30.2 Å². The number of carbonyl (C=O) groups excluding carboxylic acids is 3. The van der Waals surface area contributed by atoms with Crippen molar-refractivity contribution < 1.29 is 33.3 Å². The fourth-order valence-electron chi connectivity index (χ4n) is 3.16. The van der Waals surface area contributed by atoms with Gasteiger partial charge in [-0.1, -0.05) is 24.3 Å². The number of nitrogens with zero attached hydrogens (tertiary/aromatic N) is 1. The Balaban J connectivity index is 1.97. The third kappa shape index (κ3) is 7.21. The number of amides is 1. The molecule has 9 heteroatoms. The van der Waals surface area contributed by atoms with Crippen molar-refractivity contribution in [2.45, 2.75) is 33.2 Å². The van der Waals surface area contributed by atoms with E-state index in [0.717, 1.165) is 0 Å². The lowest BCUT2D eigenvalue weighted by Gasteiger charge is -2.29. The summed E-state index contributed by atoms with van der Waals surface area (Å²) in [4.78, 5) is 37.6. The summed E-state index contributed by atoms with van der Waals surface area (Å²) in [5.41, 5.74) is 0.602. The molecule has 0 saturated heterocycles. The largest absolute Gasteiger partial charge is 0.475 e. The van der Waals surface area contributed by atoms with E-state index in [9.17, 15) is 14.4 Å². The van der Waals surface area contributed by atoms with Crippen LogP contribution in [0.25, 0.3) is 0 Å². The third-order valence-electron chi connectivity index (χ3n) is 4.81. The van der Waals surface area contributed by atoms with Gasteiger partial charge in [-0.3, -0.25) is 10.1 Å². The van der Waals surface area contributed by atoms with Crippen molar-refractivity contribution in [3.8, 4) is 11.5 Å². The highest BCUT2D eigenvalue weighted by Gasteiger charge is 2.21. The van der Waals surface area contributed by atoms with Gasteiger partial charge in [-0.05, 0) is 38.1 Å². The second-order valence-corrected chi connectivity index (χ2v) is 7.12. The summed E-state index contributed by atoms with van der Waals surface area (Å²) >= 11 is 0. The van der Waals surface area contributed by atoms with E-state index in [1.54, 1.807) is 62.4 Å². The van der Waals surface area contributed by atoms with Crippen LogP contribution in [0.4, 0.5) is 0 Å². The molecule has 0 radical (unpaired) electrons. The number of carbonyl (C=O) groups is 3. The minimum atomic E-state index is -0.633. The maximum atomic E-state index is 12.2. The Labute approximate surface area is 193 Å². The van der Waals surface area contributed by atoms with Gasteiger partial charge in [0.15, 0.2) is 6.23 Å². The highest BCUT2D eigenvalue weighted by molar-refractivity contribution is 5.92.